The van der Waals surface area contributed by atoms with E-state index in [-0.39, 0.29) is 24.0 Å². The van der Waals surface area contributed by atoms with Crippen molar-refractivity contribution in [3.8, 4) is 11.3 Å². The average Bonchev–Trinajstić information content (AvgIpc) is 3.03. The number of nitrogens with zero attached hydrogens (tertiary/aromatic N) is 3. The van der Waals surface area contributed by atoms with Gasteiger partial charge in [-0.3, -0.25) is 0 Å². The van der Waals surface area contributed by atoms with Crippen molar-refractivity contribution in [3.63, 3.8) is 0 Å². The Morgan fingerprint density at radius 3 is 2.73 bits per heavy atom. The van der Waals surface area contributed by atoms with Crippen molar-refractivity contribution in [1.82, 2.24) is 10.1 Å². The summed E-state index contributed by atoms with van der Waals surface area (Å²) in [6.45, 7) is 2.35. The number of halogens is 1. The van der Waals surface area contributed by atoms with Crippen LogP contribution in [0.5, 0.6) is 0 Å². The first kappa shape index (κ1) is 17.1. The number of rotatable bonds is 3. The molecule has 0 atom stereocenters. The molecular formula is C15H19IN4OS. The molecule has 1 aromatic carbocycles. The van der Waals surface area contributed by atoms with Gasteiger partial charge in [0.05, 0.1) is 0 Å². The van der Waals surface area contributed by atoms with Crippen molar-refractivity contribution in [1.29, 1.82) is 0 Å². The van der Waals surface area contributed by atoms with Crippen LogP contribution in [-0.4, -0.2) is 40.6 Å². The quantitative estimate of drug-likeness (QED) is 0.461. The summed E-state index contributed by atoms with van der Waals surface area (Å²) in [7, 11) is 0. The molecule has 7 heteroatoms. The van der Waals surface area contributed by atoms with Crippen LogP contribution in [0, 0.1) is 0 Å². The molecule has 22 heavy (non-hydrogen) atoms. The molecule has 0 saturated carbocycles. The smallest absolute Gasteiger partial charge is 0.191 e. The monoisotopic (exact) mass is 430 g/mol. The van der Waals surface area contributed by atoms with Crippen LogP contribution in [-0.2, 0) is 6.54 Å². The zero-order chi connectivity index (χ0) is 14.5. The Bertz CT molecular complexity index is 611. The molecule has 1 aliphatic heterocycles. The highest BCUT2D eigenvalue weighted by Gasteiger charge is 2.12. The fourth-order valence-corrected chi connectivity index (χ4v) is 3.09. The third-order valence-corrected chi connectivity index (χ3v) is 4.30. The fraction of sp³-hybridized carbons (Fsp3) is 0.333. The van der Waals surface area contributed by atoms with Crippen molar-refractivity contribution in [2.75, 3.05) is 24.6 Å². The van der Waals surface area contributed by atoms with E-state index in [1.165, 1.54) is 0 Å². The average molecular weight is 430 g/mol. The van der Waals surface area contributed by atoms with E-state index in [1.807, 2.05) is 48.2 Å². The van der Waals surface area contributed by atoms with Gasteiger partial charge in [-0.25, -0.2) is 4.99 Å². The van der Waals surface area contributed by atoms with E-state index in [0.29, 0.717) is 12.5 Å². The van der Waals surface area contributed by atoms with Crippen molar-refractivity contribution in [2.45, 2.75) is 6.54 Å². The molecule has 0 radical (unpaired) electrons. The first-order chi connectivity index (χ1) is 10.3. The Hall–Kier alpha value is -1.22. The highest BCUT2D eigenvalue weighted by molar-refractivity contribution is 14.0. The van der Waals surface area contributed by atoms with E-state index in [9.17, 15) is 0 Å². The molecule has 3 rings (SSSR count). The number of nitrogens with two attached hydrogens (primary N) is 1. The van der Waals surface area contributed by atoms with Crippen LogP contribution in [0.25, 0.3) is 11.3 Å². The first-order valence-corrected chi connectivity index (χ1v) is 8.12. The number of aliphatic imine (C=N–C) groups is 1. The number of benzene rings is 1. The summed E-state index contributed by atoms with van der Waals surface area (Å²) >= 11 is 1.95. The largest absolute Gasteiger partial charge is 0.370 e. The Morgan fingerprint density at radius 1 is 1.27 bits per heavy atom. The summed E-state index contributed by atoms with van der Waals surface area (Å²) in [6, 6.07) is 11.9. The minimum absolute atomic E-state index is 0. The van der Waals surface area contributed by atoms with Crippen LogP contribution < -0.4 is 5.73 Å². The maximum absolute atomic E-state index is 6.02. The summed E-state index contributed by atoms with van der Waals surface area (Å²) in [4.78, 5) is 6.52. The van der Waals surface area contributed by atoms with Crippen molar-refractivity contribution in [3.05, 3.63) is 42.2 Å². The number of guanidine groups is 1. The zero-order valence-electron chi connectivity index (χ0n) is 12.1. The maximum Gasteiger partial charge on any atom is 0.191 e. The Kier molecular flexibility index (Phi) is 6.56. The normalized spacial score (nSPS) is 15.5. The van der Waals surface area contributed by atoms with Crippen molar-refractivity contribution >= 4 is 41.7 Å². The highest BCUT2D eigenvalue weighted by Crippen LogP contribution is 2.19. The molecule has 0 amide bonds. The van der Waals surface area contributed by atoms with E-state index >= 15 is 0 Å². The predicted molar refractivity (Wildman–Crippen MR) is 102 cm³/mol. The number of hydrogen-bond acceptors (Lipinski definition) is 4. The van der Waals surface area contributed by atoms with Gasteiger partial charge in [-0.2, -0.15) is 11.8 Å². The van der Waals surface area contributed by atoms with Gasteiger partial charge in [0, 0.05) is 36.2 Å². The molecular weight excluding hydrogens is 411 g/mol. The Labute approximate surface area is 151 Å². The van der Waals surface area contributed by atoms with Gasteiger partial charge >= 0.3 is 0 Å². The summed E-state index contributed by atoms with van der Waals surface area (Å²) in [5.74, 6) is 3.53. The highest BCUT2D eigenvalue weighted by atomic mass is 127. The standard InChI is InChI=1S/C15H18N4OS.HI/c16-15(19-6-8-21-9-7-19)17-11-13-10-14(18-20-13)12-4-2-1-3-5-12;/h1-5,10H,6-9,11H2,(H2,16,17);1H. The van der Waals surface area contributed by atoms with Crippen LogP contribution in [0.2, 0.25) is 0 Å². The molecule has 2 N–H and O–H groups in total. The van der Waals surface area contributed by atoms with E-state index in [4.69, 9.17) is 10.3 Å². The molecule has 2 heterocycles. The summed E-state index contributed by atoms with van der Waals surface area (Å²) < 4.78 is 5.32. The molecule has 1 aliphatic rings. The Balaban J connectivity index is 0.00000176. The van der Waals surface area contributed by atoms with Gasteiger partial charge in [0.2, 0.25) is 0 Å². The maximum atomic E-state index is 6.02. The summed E-state index contributed by atoms with van der Waals surface area (Å²) in [5, 5.41) is 4.07. The van der Waals surface area contributed by atoms with Gasteiger partial charge in [-0.15, -0.1) is 24.0 Å². The number of hydrogen-bond donors (Lipinski definition) is 1. The number of thioether (sulfide) groups is 1. The minimum Gasteiger partial charge on any atom is -0.370 e. The molecule has 1 saturated heterocycles. The SMILES string of the molecule is I.NC(=NCc1cc(-c2ccccc2)no1)N1CCSCC1. The molecule has 2 aromatic rings. The van der Waals surface area contributed by atoms with Crippen LogP contribution in [0.15, 0.2) is 45.9 Å². The topological polar surface area (TPSA) is 67.6 Å². The molecule has 1 fully saturated rings. The van der Waals surface area contributed by atoms with E-state index in [2.05, 4.69) is 15.0 Å². The second-order valence-electron chi connectivity index (χ2n) is 4.82. The third-order valence-electron chi connectivity index (χ3n) is 3.36. The van der Waals surface area contributed by atoms with Crippen LogP contribution >= 0.6 is 35.7 Å². The van der Waals surface area contributed by atoms with Crippen molar-refractivity contribution < 1.29 is 4.52 Å². The molecule has 0 aliphatic carbocycles. The van der Waals surface area contributed by atoms with Crippen molar-refractivity contribution in [2.24, 2.45) is 10.7 Å². The molecule has 118 valence electrons. The number of aromatic nitrogens is 1. The zero-order valence-corrected chi connectivity index (χ0v) is 15.3. The second kappa shape index (κ2) is 8.42. The molecule has 1 aromatic heterocycles. The van der Waals surface area contributed by atoms with Gasteiger partial charge in [-0.1, -0.05) is 35.5 Å². The van der Waals surface area contributed by atoms with Crippen LogP contribution in [0.3, 0.4) is 0 Å². The van der Waals surface area contributed by atoms with Gasteiger partial charge in [0.1, 0.15) is 12.2 Å². The minimum atomic E-state index is 0. The molecule has 0 unspecified atom stereocenters. The van der Waals surface area contributed by atoms with Crippen LogP contribution in [0.1, 0.15) is 5.76 Å². The lowest BCUT2D eigenvalue weighted by Gasteiger charge is -2.27. The first-order valence-electron chi connectivity index (χ1n) is 6.96. The van der Waals surface area contributed by atoms with Crippen LogP contribution in [0.4, 0.5) is 0 Å². The summed E-state index contributed by atoms with van der Waals surface area (Å²) in [5.41, 5.74) is 7.89. The lowest BCUT2D eigenvalue weighted by Crippen LogP contribution is -2.42. The van der Waals surface area contributed by atoms with Gasteiger partial charge in [-0.05, 0) is 0 Å². The third kappa shape index (κ3) is 4.39. The Morgan fingerprint density at radius 2 is 2.00 bits per heavy atom. The molecule has 0 spiro atoms. The molecule has 5 nitrogen and oxygen atoms in total. The molecule has 0 bridgehead atoms. The van der Waals surface area contributed by atoms with Gasteiger partial charge in [0.15, 0.2) is 11.7 Å². The lowest BCUT2D eigenvalue weighted by atomic mass is 10.1. The predicted octanol–water partition coefficient (Wildman–Crippen LogP) is 2.82. The summed E-state index contributed by atoms with van der Waals surface area (Å²) in [6.07, 6.45) is 0. The fourth-order valence-electron chi connectivity index (χ4n) is 2.18. The van der Waals surface area contributed by atoms with E-state index in [1.54, 1.807) is 0 Å². The van der Waals surface area contributed by atoms with Gasteiger partial charge < -0.3 is 15.2 Å². The van der Waals surface area contributed by atoms with Gasteiger partial charge in [0.25, 0.3) is 0 Å². The van der Waals surface area contributed by atoms with E-state index < -0.39 is 0 Å². The lowest BCUT2D eigenvalue weighted by molar-refractivity contribution is 0.385. The second-order valence-corrected chi connectivity index (χ2v) is 6.04. The van der Waals surface area contributed by atoms with E-state index in [0.717, 1.165) is 41.6 Å².